The molecule has 2 N–H and O–H groups in total. The predicted molar refractivity (Wildman–Crippen MR) is 79.1 cm³/mol. The van der Waals surface area contributed by atoms with Gasteiger partial charge in [-0.1, -0.05) is 25.1 Å². The summed E-state index contributed by atoms with van der Waals surface area (Å²) in [6.07, 6.45) is 1.50. The third-order valence-electron chi connectivity index (χ3n) is 3.33. The van der Waals surface area contributed by atoms with Crippen LogP contribution in [0.5, 0.6) is 5.75 Å². The second kappa shape index (κ2) is 7.18. The third kappa shape index (κ3) is 4.53. The molecule has 0 spiro atoms. The predicted octanol–water partition coefficient (Wildman–Crippen LogP) is 3.82. The molecular weight excluding hydrogens is 272 g/mol. The third-order valence-corrected chi connectivity index (χ3v) is 3.33. The Balaban J connectivity index is 1.99. The first-order valence-corrected chi connectivity index (χ1v) is 6.99. The van der Waals surface area contributed by atoms with Crippen molar-refractivity contribution in [1.29, 1.82) is 0 Å². The summed E-state index contributed by atoms with van der Waals surface area (Å²) in [5.41, 5.74) is 7.50. The molecule has 2 rings (SSSR count). The second-order valence-electron chi connectivity index (χ2n) is 5.05. The first-order valence-electron chi connectivity index (χ1n) is 6.99. The molecule has 0 saturated carbocycles. The van der Waals surface area contributed by atoms with E-state index >= 15 is 0 Å². The fourth-order valence-electron chi connectivity index (χ4n) is 1.98. The lowest BCUT2D eigenvalue weighted by Gasteiger charge is -2.11. The molecule has 4 heteroatoms. The Morgan fingerprint density at radius 1 is 1.05 bits per heavy atom. The van der Waals surface area contributed by atoms with Crippen LogP contribution in [0.4, 0.5) is 8.78 Å². The van der Waals surface area contributed by atoms with Gasteiger partial charge < -0.3 is 10.5 Å². The normalized spacial score (nSPS) is 12.2. The second-order valence-corrected chi connectivity index (χ2v) is 5.05. The van der Waals surface area contributed by atoms with Gasteiger partial charge in [0.25, 0.3) is 0 Å². The van der Waals surface area contributed by atoms with Crippen LogP contribution in [0.1, 0.15) is 24.5 Å². The summed E-state index contributed by atoms with van der Waals surface area (Å²) in [5.74, 6) is -0.521. The van der Waals surface area contributed by atoms with E-state index in [-0.39, 0.29) is 24.2 Å². The van der Waals surface area contributed by atoms with Gasteiger partial charge in [-0.2, -0.15) is 0 Å². The van der Waals surface area contributed by atoms with Gasteiger partial charge in [-0.25, -0.2) is 8.78 Å². The van der Waals surface area contributed by atoms with Gasteiger partial charge in [0, 0.05) is 6.04 Å². The molecule has 0 amide bonds. The lowest BCUT2D eigenvalue weighted by molar-refractivity contribution is 0.290. The summed E-state index contributed by atoms with van der Waals surface area (Å²) >= 11 is 0. The lowest BCUT2D eigenvalue weighted by Crippen LogP contribution is -2.21. The minimum absolute atomic E-state index is 0.0374. The number of ether oxygens (including phenoxy) is 1. The average Bonchev–Trinajstić information content (AvgIpc) is 2.48. The molecule has 0 heterocycles. The van der Waals surface area contributed by atoms with Crippen LogP contribution in [0.3, 0.4) is 0 Å². The van der Waals surface area contributed by atoms with E-state index in [4.69, 9.17) is 10.5 Å². The van der Waals surface area contributed by atoms with Gasteiger partial charge in [0.15, 0.2) is 11.6 Å². The molecular formula is C17H19F2NO. The molecule has 2 nitrogen and oxygen atoms in total. The Labute approximate surface area is 123 Å². The number of rotatable bonds is 6. The van der Waals surface area contributed by atoms with Crippen molar-refractivity contribution in [3.8, 4) is 5.75 Å². The van der Waals surface area contributed by atoms with Crippen LogP contribution in [0.2, 0.25) is 0 Å². The highest BCUT2D eigenvalue weighted by Crippen LogP contribution is 2.20. The number of hydrogen-bond donors (Lipinski definition) is 1. The van der Waals surface area contributed by atoms with E-state index in [0.717, 1.165) is 17.5 Å². The average molecular weight is 291 g/mol. The van der Waals surface area contributed by atoms with Crippen LogP contribution in [-0.2, 0) is 13.0 Å². The number of nitrogens with two attached hydrogens (primary N) is 1. The molecule has 0 bridgehead atoms. The summed E-state index contributed by atoms with van der Waals surface area (Å²) in [5, 5.41) is 0. The smallest absolute Gasteiger partial charge is 0.165 e. The Morgan fingerprint density at radius 3 is 2.33 bits per heavy atom. The van der Waals surface area contributed by atoms with Crippen LogP contribution < -0.4 is 10.5 Å². The van der Waals surface area contributed by atoms with Crippen molar-refractivity contribution in [2.75, 3.05) is 0 Å². The molecule has 1 atom stereocenters. The molecule has 112 valence electrons. The van der Waals surface area contributed by atoms with E-state index in [1.807, 2.05) is 13.0 Å². The van der Waals surface area contributed by atoms with Crippen LogP contribution in [0.25, 0.3) is 0 Å². The molecule has 1 unspecified atom stereocenters. The standard InChI is InChI=1S/C17H19F2NO/c1-2-15(20)9-13-5-8-17(16(19)10-13)21-11-12-3-6-14(18)7-4-12/h3-8,10,15H,2,9,11,20H2,1H3. The molecule has 21 heavy (non-hydrogen) atoms. The van der Waals surface area contributed by atoms with E-state index in [1.165, 1.54) is 18.2 Å². The number of benzene rings is 2. The maximum absolute atomic E-state index is 13.9. The lowest BCUT2D eigenvalue weighted by atomic mass is 10.0. The van der Waals surface area contributed by atoms with Crippen molar-refractivity contribution >= 4 is 0 Å². The topological polar surface area (TPSA) is 35.2 Å². The van der Waals surface area contributed by atoms with E-state index in [2.05, 4.69) is 0 Å². The Hall–Kier alpha value is -1.94. The molecule has 0 radical (unpaired) electrons. The Kier molecular flexibility index (Phi) is 5.28. The highest BCUT2D eigenvalue weighted by Gasteiger charge is 2.08. The van der Waals surface area contributed by atoms with E-state index < -0.39 is 5.82 Å². The van der Waals surface area contributed by atoms with Gasteiger partial charge in [-0.05, 0) is 48.2 Å². The molecule has 2 aromatic carbocycles. The highest BCUT2D eigenvalue weighted by molar-refractivity contribution is 5.30. The SMILES string of the molecule is CCC(N)Cc1ccc(OCc2ccc(F)cc2)c(F)c1. The van der Waals surface area contributed by atoms with E-state index in [1.54, 1.807) is 18.2 Å². The molecule has 0 aliphatic carbocycles. The zero-order valence-electron chi connectivity index (χ0n) is 12.0. The van der Waals surface area contributed by atoms with Crippen LogP contribution in [0, 0.1) is 11.6 Å². The fourth-order valence-corrected chi connectivity index (χ4v) is 1.98. The minimum atomic E-state index is -0.405. The van der Waals surface area contributed by atoms with Crippen LogP contribution in [0.15, 0.2) is 42.5 Å². The van der Waals surface area contributed by atoms with Crippen molar-refractivity contribution < 1.29 is 13.5 Å². The molecule has 0 aliphatic heterocycles. The van der Waals surface area contributed by atoms with Gasteiger partial charge in [0.2, 0.25) is 0 Å². The summed E-state index contributed by atoms with van der Waals surface area (Å²) in [7, 11) is 0. The minimum Gasteiger partial charge on any atom is -0.486 e. The van der Waals surface area contributed by atoms with Crippen molar-refractivity contribution in [1.82, 2.24) is 0 Å². The van der Waals surface area contributed by atoms with Gasteiger partial charge in [-0.3, -0.25) is 0 Å². The van der Waals surface area contributed by atoms with Crippen LogP contribution >= 0.6 is 0 Å². The molecule has 0 saturated heterocycles. The van der Waals surface area contributed by atoms with E-state index in [0.29, 0.717) is 6.42 Å². The maximum Gasteiger partial charge on any atom is 0.165 e. The highest BCUT2D eigenvalue weighted by atomic mass is 19.1. The number of halogens is 2. The van der Waals surface area contributed by atoms with Gasteiger partial charge in [0.05, 0.1) is 0 Å². The quantitative estimate of drug-likeness (QED) is 0.878. The molecule has 2 aromatic rings. The summed E-state index contributed by atoms with van der Waals surface area (Å²) in [6.45, 7) is 2.20. The zero-order valence-corrected chi connectivity index (χ0v) is 12.0. The van der Waals surface area contributed by atoms with Crippen molar-refractivity contribution in [2.45, 2.75) is 32.4 Å². The molecule has 0 aliphatic rings. The monoisotopic (exact) mass is 291 g/mol. The number of hydrogen-bond acceptors (Lipinski definition) is 2. The van der Waals surface area contributed by atoms with Gasteiger partial charge in [-0.15, -0.1) is 0 Å². The van der Waals surface area contributed by atoms with Crippen molar-refractivity contribution in [3.05, 3.63) is 65.2 Å². The maximum atomic E-state index is 13.9. The summed E-state index contributed by atoms with van der Waals surface area (Å²) in [6, 6.07) is 10.8. The van der Waals surface area contributed by atoms with Gasteiger partial charge >= 0.3 is 0 Å². The van der Waals surface area contributed by atoms with Crippen molar-refractivity contribution in [2.24, 2.45) is 5.73 Å². The fraction of sp³-hybridized carbons (Fsp3) is 0.294. The van der Waals surface area contributed by atoms with Crippen LogP contribution in [-0.4, -0.2) is 6.04 Å². The largest absolute Gasteiger partial charge is 0.486 e. The first-order chi connectivity index (χ1) is 10.1. The molecule has 0 aromatic heterocycles. The van der Waals surface area contributed by atoms with E-state index in [9.17, 15) is 8.78 Å². The Morgan fingerprint density at radius 2 is 1.71 bits per heavy atom. The molecule has 0 fully saturated rings. The summed E-state index contributed by atoms with van der Waals surface area (Å²) in [4.78, 5) is 0. The zero-order chi connectivity index (χ0) is 15.2. The first kappa shape index (κ1) is 15.4. The van der Waals surface area contributed by atoms with Crippen molar-refractivity contribution in [3.63, 3.8) is 0 Å². The summed E-state index contributed by atoms with van der Waals surface area (Å²) < 4.78 is 32.1. The van der Waals surface area contributed by atoms with Gasteiger partial charge in [0.1, 0.15) is 12.4 Å². The Bertz CT molecular complexity index is 584.